The molecule has 0 fully saturated rings. The van der Waals surface area contributed by atoms with Crippen LogP contribution in [-0.2, 0) is 0 Å². The molecule has 122 valence electrons. The zero-order valence-corrected chi connectivity index (χ0v) is 13.5. The molecule has 0 saturated heterocycles. The number of anilines is 4. The summed E-state index contributed by atoms with van der Waals surface area (Å²) in [6.45, 7) is 0. The van der Waals surface area contributed by atoms with Gasteiger partial charge in [0.1, 0.15) is 5.82 Å². The van der Waals surface area contributed by atoms with Crippen LogP contribution in [0.3, 0.4) is 0 Å². The Balaban J connectivity index is 1.78. The Bertz CT molecular complexity index is 821. The second-order valence-electron chi connectivity index (χ2n) is 4.77. The van der Waals surface area contributed by atoms with Crippen LogP contribution >= 0.6 is 23.2 Å². The summed E-state index contributed by atoms with van der Waals surface area (Å²) < 4.78 is 26.2. The molecule has 2 aromatic carbocycles. The lowest BCUT2D eigenvalue weighted by Gasteiger charge is -2.09. The summed E-state index contributed by atoms with van der Waals surface area (Å²) in [7, 11) is 0. The average molecular weight is 367 g/mol. The van der Waals surface area contributed by atoms with Gasteiger partial charge in [-0.15, -0.1) is 0 Å². The molecule has 0 aliphatic rings. The van der Waals surface area contributed by atoms with Crippen LogP contribution < -0.4 is 10.6 Å². The number of hydrogen-bond donors (Lipinski definition) is 2. The van der Waals surface area contributed by atoms with Gasteiger partial charge >= 0.3 is 0 Å². The van der Waals surface area contributed by atoms with Gasteiger partial charge in [0.25, 0.3) is 0 Å². The summed E-state index contributed by atoms with van der Waals surface area (Å²) in [5.74, 6) is -1.13. The van der Waals surface area contributed by atoms with Gasteiger partial charge in [-0.05, 0) is 36.4 Å². The summed E-state index contributed by atoms with van der Waals surface area (Å²) in [5.41, 5.74) is 1.03. The van der Waals surface area contributed by atoms with Crippen molar-refractivity contribution in [2.24, 2.45) is 0 Å². The maximum atomic E-state index is 13.2. The lowest BCUT2D eigenvalue weighted by atomic mass is 10.3. The highest BCUT2D eigenvalue weighted by molar-refractivity contribution is 6.42. The van der Waals surface area contributed by atoms with E-state index in [1.54, 1.807) is 24.3 Å². The van der Waals surface area contributed by atoms with Gasteiger partial charge in [0.15, 0.2) is 11.6 Å². The highest BCUT2D eigenvalue weighted by atomic mass is 35.5. The molecule has 0 radical (unpaired) electrons. The molecule has 0 aliphatic carbocycles. The van der Waals surface area contributed by atoms with Crippen LogP contribution in [0.25, 0.3) is 0 Å². The van der Waals surface area contributed by atoms with E-state index in [1.165, 1.54) is 12.3 Å². The molecule has 8 heteroatoms. The Morgan fingerprint density at radius 1 is 0.792 bits per heavy atom. The second-order valence-corrected chi connectivity index (χ2v) is 5.59. The van der Waals surface area contributed by atoms with Crippen molar-refractivity contribution in [3.63, 3.8) is 0 Å². The minimum absolute atomic E-state index is 0.306. The van der Waals surface area contributed by atoms with E-state index in [-0.39, 0.29) is 0 Å². The lowest BCUT2D eigenvalue weighted by molar-refractivity contribution is 0.509. The molecule has 24 heavy (non-hydrogen) atoms. The third-order valence-electron chi connectivity index (χ3n) is 3.02. The van der Waals surface area contributed by atoms with Crippen molar-refractivity contribution in [1.82, 2.24) is 9.97 Å². The summed E-state index contributed by atoms with van der Waals surface area (Å²) in [6, 6.07) is 10.1. The first-order chi connectivity index (χ1) is 11.5. The van der Waals surface area contributed by atoms with Crippen LogP contribution in [0.1, 0.15) is 0 Å². The van der Waals surface area contributed by atoms with Crippen molar-refractivity contribution < 1.29 is 8.78 Å². The molecule has 3 rings (SSSR count). The molecule has 2 N–H and O–H groups in total. The van der Waals surface area contributed by atoms with Crippen molar-refractivity contribution >= 4 is 46.3 Å². The number of halogens is 4. The molecular weight excluding hydrogens is 357 g/mol. The second kappa shape index (κ2) is 6.98. The third kappa shape index (κ3) is 3.90. The number of aromatic nitrogens is 2. The van der Waals surface area contributed by atoms with E-state index in [0.717, 1.165) is 12.1 Å². The largest absolute Gasteiger partial charge is 0.340 e. The summed E-state index contributed by atoms with van der Waals surface area (Å²) in [5, 5.41) is 6.70. The molecule has 0 amide bonds. The minimum atomic E-state index is -0.941. The highest BCUT2D eigenvalue weighted by Crippen LogP contribution is 2.26. The predicted molar refractivity (Wildman–Crippen MR) is 91.4 cm³/mol. The van der Waals surface area contributed by atoms with E-state index >= 15 is 0 Å². The first-order valence-electron chi connectivity index (χ1n) is 6.78. The predicted octanol–water partition coefficient (Wildman–Crippen LogP) is 5.55. The first kappa shape index (κ1) is 16.4. The van der Waals surface area contributed by atoms with Gasteiger partial charge in [-0.25, -0.2) is 13.8 Å². The molecule has 0 bridgehead atoms. The van der Waals surface area contributed by atoms with Gasteiger partial charge < -0.3 is 10.6 Å². The Kier molecular flexibility index (Phi) is 4.78. The van der Waals surface area contributed by atoms with Crippen LogP contribution in [0, 0.1) is 11.6 Å². The zero-order chi connectivity index (χ0) is 17.1. The van der Waals surface area contributed by atoms with Gasteiger partial charge in [-0.2, -0.15) is 4.98 Å². The Labute approximate surface area is 146 Å². The zero-order valence-electron chi connectivity index (χ0n) is 12.0. The minimum Gasteiger partial charge on any atom is -0.340 e. The average Bonchev–Trinajstić information content (AvgIpc) is 2.55. The highest BCUT2D eigenvalue weighted by Gasteiger charge is 2.05. The fourth-order valence-corrected chi connectivity index (χ4v) is 2.21. The maximum absolute atomic E-state index is 13.2. The maximum Gasteiger partial charge on any atom is 0.229 e. The smallest absolute Gasteiger partial charge is 0.229 e. The van der Waals surface area contributed by atoms with Crippen LogP contribution in [-0.4, -0.2) is 9.97 Å². The monoisotopic (exact) mass is 366 g/mol. The van der Waals surface area contributed by atoms with Crippen molar-refractivity contribution in [3.05, 3.63) is 70.3 Å². The standard InChI is InChI=1S/C16H10Cl2F2N4/c17-11-3-1-9(7-12(11)18)23-16-21-6-5-15(24-16)22-10-2-4-13(19)14(20)8-10/h1-8H,(H2,21,22,23,24). The van der Waals surface area contributed by atoms with Crippen molar-refractivity contribution in [3.8, 4) is 0 Å². The molecule has 0 unspecified atom stereocenters. The first-order valence-corrected chi connectivity index (χ1v) is 7.54. The van der Waals surface area contributed by atoms with Crippen LogP contribution in [0.15, 0.2) is 48.7 Å². The quantitative estimate of drug-likeness (QED) is 0.635. The molecule has 0 spiro atoms. The van der Waals surface area contributed by atoms with Crippen LogP contribution in [0.4, 0.5) is 31.9 Å². The molecule has 1 aromatic heterocycles. The third-order valence-corrected chi connectivity index (χ3v) is 3.76. The molecule has 3 aromatic rings. The normalized spacial score (nSPS) is 10.5. The molecule has 0 saturated carbocycles. The SMILES string of the molecule is Fc1ccc(Nc2ccnc(Nc3ccc(Cl)c(Cl)c3)n2)cc1F. The Morgan fingerprint density at radius 3 is 2.29 bits per heavy atom. The molecule has 4 nitrogen and oxygen atoms in total. The topological polar surface area (TPSA) is 49.8 Å². The fourth-order valence-electron chi connectivity index (χ4n) is 1.91. The Hall–Kier alpha value is -2.44. The number of rotatable bonds is 4. The van der Waals surface area contributed by atoms with E-state index in [2.05, 4.69) is 20.6 Å². The number of nitrogens with one attached hydrogen (secondary N) is 2. The molecular formula is C16H10Cl2F2N4. The lowest BCUT2D eigenvalue weighted by Crippen LogP contribution is -2.00. The molecule has 0 aliphatic heterocycles. The van der Waals surface area contributed by atoms with E-state index in [4.69, 9.17) is 23.2 Å². The van der Waals surface area contributed by atoms with Gasteiger partial charge in [-0.1, -0.05) is 23.2 Å². The Morgan fingerprint density at radius 2 is 1.54 bits per heavy atom. The van der Waals surface area contributed by atoms with Crippen LogP contribution in [0.2, 0.25) is 10.0 Å². The van der Waals surface area contributed by atoms with Crippen LogP contribution in [0.5, 0.6) is 0 Å². The van der Waals surface area contributed by atoms with E-state index < -0.39 is 11.6 Å². The number of benzene rings is 2. The van der Waals surface area contributed by atoms with Gasteiger partial charge in [0.05, 0.1) is 10.0 Å². The number of hydrogen-bond acceptors (Lipinski definition) is 4. The number of nitrogens with zero attached hydrogens (tertiary/aromatic N) is 2. The van der Waals surface area contributed by atoms with Gasteiger partial charge in [0.2, 0.25) is 5.95 Å². The molecule has 0 atom stereocenters. The van der Waals surface area contributed by atoms with E-state index in [9.17, 15) is 8.78 Å². The van der Waals surface area contributed by atoms with Crippen molar-refractivity contribution in [1.29, 1.82) is 0 Å². The van der Waals surface area contributed by atoms with Gasteiger partial charge in [0, 0.05) is 23.6 Å². The summed E-state index contributed by atoms with van der Waals surface area (Å²) >= 11 is 11.8. The molecule has 1 heterocycles. The van der Waals surface area contributed by atoms with Gasteiger partial charge in [-0.3, -0.25) is 0 Å². The fraction of sp³-hybridized carbons (Fsp3) is 0. The van der Waals surface area contributed by atoms with Crippen molar-refractivity contribution in [2.75, 3.05) is 10.6 Å². The van der Waals surface area contributed by atoms with E-state index in [0.29, 0.717) is 33.2 Å². The summed E-state index contributed by atoms with van der Waals surface area (Å²) in [6.07, 6.45) is 1.52. The summed E-state index contributed by atoms with van der Waals surface area (Å²) in [4.78, 5) is 8.33. The van der Waals surface area contributed by atoms with E-state index in [1.807, 2.05) is 0 Å². The van der Waals surface area contributed by atoms with Crippen molar-refractivity contribution in [2.45, 2.75) is 0 Å².